The average molecular weight is 506 g/mol. The van der Waals surface area contributed by atoms with E-state index in [9.17, 15) is 8.42 Å². The lowest BCUT2D eigenvalue weighted by atomic mass is 10.1. The Hall–Kier alpha value is -3.60. The molecule has 3 N–H and O–H groups in total. The smallest absolute Gasteiger partial charge is 0.263 e. The minimum Gasteiger partial charge on any atom is -0.332 e. The zero-order valence-corrected chi connectivity index (χ0v) is 20.4. The third kappa shape index (κ3) is 4.43. The van der Waals surface area contributed by atoms with Gasteiger partial charge in [0.15, 0.2) is 10.2 Å². The van der Waals surface area contributed by atoms with Crippen LogP contribution in [0.25, 0.3) is 21.8 Å². The minimum atomic E-state index is -3.72. The molecule has 3 aromatic carbocycles. The number of aryl methyl sites for hydroxylation is 1. The van der Waals surface area contributed by atoms with Crippen molar-refractivity contribution in [2.75, 3.05) is 15.4 Å². The highest BCUT2D eigenvalue weighted by Gasteiger charge is 2.16. The van der Waals surface area contributed by atoms with Gasteiger partial charge in [0, 0.05) is 28.0 Å². The summed E-state index contributed by atoms with van der Waals surface area (Å²) in [6.45, 7) is 2.03. The van der Waals surface area contributed by atoms with Gasteiger partial charge in [-0.3, -0.25) is 4.72 Å². The summed E-state index contributed by atoms with van der Waals surface area (Å²) in [5.74, 6) is 0. The maximum Gasteiger partial charge on any atom is 0.263 e. The molecule has 10 heteroatoms. The number of thiocarbonyl (C=S) groups is 1. The van der Waals surface area contributed by atoms with Gasteiger partial charge < -0.3 is 10.6 Å². The topological polar surface area (TPSA) is 96.0 Å². The zero-order valence-electron chi connectivity index (χ0n) is 17.9. The highest BCUT2D eigenvalue weighted by molar-refractivity contribution is 7.93. The van der Waals surface area contributed by atoms with Crippen molar-refractivity contribution in [2.45, 2.75) is 11.8 Å². The molecule has 0 aliphatic carbocycles. The van der Waals surface area contributed by atoms with Crippen LogP contribution < -0.4 is 15.4 Å². The molecule has 170 valence electrons. The third-order valence-electron chi connectivity index (χ3n) is 5.23. The van der Waals surface area contributed by atoms with Crippen molar-refractivity contribution in [3.05, 3.63) is 83.9 Å². The monoisotopic (exact) mass is 505 g/mol. The number of aromatic nitrogens is 2. The molecule has 7 nitrogen and oxygen atoms in total. The number of para-hydroxylation sites is 2. The summed E-state index contributed by atoms with van der Waals surface area (Å²) >= 11 is 6.80. The van der Waals surface area contributed by atoms with Crippen molar-refractivity contribution < 1.29 is 8.42 Å². The van der Waals surface area contributed by atoms with Gasteiger partial charge in [0.2, 0.25) is 0 Å². The lowest BCUT2D eigenvalue weighted by Gasteiger charge is -2.16. The Morgan fingerprint density at radius 3 is 2.47 bits per heavy atom. The van der Waals surface area contributed by atoms with Crippen LogP contribution in [0.1, 0.15) is 5.56 Å². The van der Waals surface area contributed by atoms with Gasteiger partial charge in [0.05, 0.1) is 21.6 Å². The van der Waals surface area contributed by atoms with Crippen LogP contribution in [-0.4, -0.2) is 23.5 Å². The molecule has 2 aromatic heterocycles. The molecule has 0 saturated heterocycles. The van der Waals surface area contributed by atoms with Gasteiger partial charge >= 0.3 is 0 Å². The van der Waals surface area contributed by atoms with Crippen LogP contribution in [0.2, 0.25) is 0 Å². The molecule has 0 radical (unpaired) electrons. The predicted octanol–water partition coefficient (Wildman–Crippen LogP) is 5.76. The van der Waals surface area contributed by atoms with Gasteiger partial charge in [-0.2, -0.15) is 0 Å². The fraction of sp³-hybridized carbons (Fsp3) is 0.0417. The van der Waals surface area contributed by atoms with Gasteiger partial charge in [-0.05, 0) is 55.0 Å². The van der Waals surface area contributed by atoms with Crippen LogP contribution >= 0.6 is 23.6 Å². The number of rotatable bonds is 5. The van der Waals surface area contributed by atoms with E-state index in [2.05, 4.69) is 20.3 Å². The van der Waals surface area contributed by atoms with Gasteiger partial charge in [0.1, 0.15) is 0 Å². The fourth-order valence-corrected chi connectivity index (χ4v) is 5.64. The Labute approximate surface area is 205 Å². The number of anilines is 3. The number of hydrogen-bond acceptors (Lipinski definition) is 6. The molecule has 0 amide bonds. The summed E-state index contributed by atoms with van der Waals surface area (Å²) in [4.78, 5) is 8.91. The first-order valence-corrected chi connectivity index (χ1v) is 13.1. The third-order valence-corrected chi connectivity index (χ3v) is 7.60. The number of fused-ring (bicyclic) bond motifs is 2. The molecule has 34 heavy (non-hydrogen) atoms. The second-order valence-electron chi connectivity index (χ2n) is 7.52. The van der Waals surface area contributed by atoms with Crippen molar-refractivity contribution in [3.63, 3.8) is 0 Å². The Balaban J connectivity index is 1.39. The van der Waals surface area contributed by atoms with Crippen LogP contribution in [0.4, 0.5) is 16.5 Å². The van der Waals surface area contributed by atoms with Crippen LogP contribution in [0.5, 0.6) is 0 Å². The maximum absolute atomic E-state index is 12.5. The minimum absolute atomic E-state index is 0.133. The van der Waals surface area contributed by atoms with Crippen LogP contribution in [0.15, 0.2) is 83.2 Å². The van der Waals surface area contributed by atoms with Gasteiger partial charge in [-0.15, -0.1) is 11.3 Å². The van der Waals surface area contributed by atoms with E-state index in [4.69, 9.17) is 17.2 Å². The summed E-state index contributed by atoms with van der Waals surface area (Å²) in [6, 6.07) is 20.3. The van der Waals surface area contributed by atoms with Crippen molar-refractivity contribution in [1.82, 2.24) is 9.97 Å². The number of thiazole rings is 1. The summed E-state index contributed by atoms with van der Waals surface area (Å²) in [7, 11) is -3.72. The summed E-state index contributed by atoms with van der Waals surface area (Å²) < 4.78 is 27.5. The van der Waals surface area contributed by atoms with E-state index in [0.29, 0.717) is 15.9 Å². The molecule has 0 aliphatic heterocycles. The van der Waals surface area contributed by atoms with E-state index in [0.717, 1.165) is 33.1 Å². The van der Waals surface area contributed by atoms with Crippen LogP contribution in [0.3, 0.4) is 0 Å². The first-order chi connectivity index (χ1) is 16.4. The van der Waals surface area contributed by atoms with E-state index >= 15 is 0 Å². The molecule has 5 rings (SSSR count). The number of hydrogen-bond donors (Lipinski definition) is 3. The Morgan fingerprint density at radius 2 is 1.71 bits per heavy atom. The molecular weight excluding hydrogens is 486 g/mol. The van der Waals surface area contributed by atoms with Gasteiger partial charge in [-0.1, -0.05) is 36.4 Å². The summed E-state index contributed by atoms with van der Waals surface area (Å²) in [5, 5.41) is 10.8. The SMILES string of the molecule is Cc1cccc2c(NC(=S)Nc3ccc(S(=O)(=O)Nc4nccs4)cc3)c3ccccc3nc12. The number of pyridine rings is 1. The van der Waals surface area contributed by atoms with E-state index < -0.39 is 10.0 Å². The standard InChI is InChI=1S/C24H19N5O2S3/c1-15-5-4-7-19-21(15)27-20-8-3-2-6-18(20)22(19)28-23(32)26-16-9-11-17(12-10-16)34(30,31)29-24-25-13-14-33-24/h2-14H,1H3,(H,25,29)(H2,26,27,28,32). The maximum atomic E-state index is 12.5. The highest BCUT2D eigenvalue weighted by Crippen LogP contribution is 2.32. The summed E-state index contributed by atoms with van der Waals surface area (Å²) in [6.07, 6.45) is 1.54. The zero-order chi connectivity index (χ0) is 23.7. The molecule has 0 atom stereocenters. The van der Waals surface area contributed by atoms with E-state index in [1.807, 2.05) is 49.4 Å². The molecule has 5 aromatic rings. The number of nitrogens with one attached hydrogen (secondary N) is 3. The highest BCUT2D eigenvalue weighted by atomic mass is 32.2. The second kappa shape index (κ2) is 8.98. The lowest BCUT2D eigenvalue weighted by molar-refractivity contribution is 0.601. The summed E-state index contributed by atoms with van der Waals surface area (Å²) in [5.41, 5.74) is 4.39. The van der Waals surface area contributed by atoms with E-state index in [1.165, 1.54) is 23.5 Å². The molecule has 0 spiro atoms. The fourth-order valence-electron chi connectivity index (χ4n) is 3.63. The Bertz CT molecular complexity index is 1620. The first kappa shape index (κ1) is 22.2. The average Bonchev–Trinajstić information content (AvgIpc) is 3.32. The molecular formula is C24H19N5O2S3. The molecule has 2 heterocycles. The normalized spacial score (nSPS) is 11.4. The second-order valence-corrected chi connectivity index (χ2v) is 10.5. The number of benzene rings is 3. The predicted molar refractivity (Wildman–Crippen MR) is 143 cm³/mol. The molecule has 0 unspecified atom stereocenters. The Kier molecular flexibility index (Phi) is 5.86. The molecule has 0 saturated carbocycles. The van der Waals surface area contributed by atoms with Crippen molar-refractivity contribution >= 4 is 77.0 Å². The molecule has 0 aliphatic rings. The molecule has 0 fully saturated rings. The van der Waals surface area contributed by atoms with E-state index in [-0.39, 0.29) is 4.90 Å². The molecule has 0 bridgehead atoms. The quantitative estimate of drug-likeness (QED) is 0.206. The van der Waals surface area contributed by atoms with Crippen molar-refractivity contribution in [2.24, 2.45) is 0 Å². The lowest BCUT2D eigenvalue weighted by Crippen LogP contribution is -2.20. The van der Waals surface area contributed by atoms with Crippen LogP contribution in [0, 0.1) is 6.92 Å². The van der Waals surface area contributed by atoms with Crippen molar-refractivity contribution in [3.8, 4) is 0 Å². The number of nitrogens with zero attached hydrogens (tertiary/aromatic N) is 2. The first-order valence-electron chi connectivity index (χ1n) is 10.3. The van der Waals surface area contributed by atoms with Crippen LogP contribution in [-0.2, 0) is 10.0 Å². The largest absolute Gasteiger partial charge is 0.332 e. The Morgan fingerprint density at radius 1 is 0.941 bits per heavy atom. The van der Waals surface area contributed by atoms with Gasteiger partial charge in [-0.25, -0.2) is 18.4 Å². The van der Waals surface area contributed by atoms with Crippen molar-refractivity contribution in [1.29, 1.82) is 0 Å². The van der Waals surface area contributed by atoms with E-state index in [1.54, 1.807) is 23.7 Å². The number of sulfonamides is 1. The van der Waals surface area contributed by atoms with Gasteiger partial charge in [0.25, 0.3) is 10.0 Å².